The molecule has 0 aliphatic heterocycles. The number of hydrogen-bond donors (Lipinski definition) is 2. The molecule has 4 rings (SSSR count). The maximum absolute atomic E-state index is 12.6. The van der Waals surface area contributed by atoms with Crippen LogP contribution in [0.5, 0.6) is 11.5 Å². The Labute approximate surface area is 126 Å². The number of methoxy groups -OCH3 is 1. The van der Waals surface area contributed by atoms with Crippen molar-refractivity contribution in [1.29, 1.82) is 0 Å². The summed E-state index contributed by atoms with van der Waals surface area (Å²) in [6.07, 6.45) is 0. The van der Waals surface area contributed by atoms with E-state index in [1.807, 2.05) is 24.3 Å². The third-order valence-electron chi connectivity index (χ3n) is 3.90. The van der Waals surface area contributed by atoms with E-state index in [9.17, 15) is 9.90 Å². The van der Waals surface area contributed by atoms with E-state index in [1.165, 1.54) is 6.07 Å². The van der Waals surface area contributed by atoms with Crippen LogP contribution in [0, 0.1) is 0 Å². The van der Waals surface area contributed by atoms with Crippen molar-refractivity contribution in [3.63, 3.8) is 0 Å². The van der Waals surface area contributed by atoms with Gasteiger partial charge in [-0.15, -0.1) is 0 Å². The number of nitrogens with one attached hydrogen (secondary N) is 1. The Kier molecular flexibility index (Phi) is 2.56. The second-order valence-electron chi connectivity index (χ2n) is 5.08. The second kappa shape index (κ2) is 4.46. The molecule has 1 aromatic heterocycles. The van der Waals surface area contributed by atoms with E-state index in [2.05, 4.69) is 10.2 Å². The molecular formula is C17H12N2O3. The number of ether oxygens (including phenoxy) is 1. The fraction of sp³-hybridized carbons (Fsp3) is 0.0588. The monoisotopic (exact) mass is 292 g/mol. The highest BCUT2D eigenvalue weighted by Crippen LogP contribution is 2.43. The summed E-state index contributed by atoms with van der Waals surface area (Å²) in [5.41, 5.74) is 3.58. The topological polar surface area (TPSA) is 75.2 Å². The van der Waals surface area contributed by atoms with Crippen LogP contribution in [0.1, 0.15) is 15.9 Å². The van der Waals surface area contributed by atoms with Gasteiger partial charge in [0.05, 0.1) is 23.9 Å². The van der Waals surface area contributed by atoms with Crippen molar-refractivity contribution in [2.24, 2.45) is 0 Å². The molecule has 0 saturated carbocycles. The SMILES string of the molecule is COc1ccc(-c2n[nH]c3c2C(=O)c2c(O)cccc2-3)cc1. The summed E-state index contributed by atoms with van der Waals surface area (Å²) in [6, 6.07) is 12.4. The third kappa shape index (κ3) is 1.59. The Morgan fingerprint density at radius 3 is 2.59 bits per heavy atom. The van der Waals surface area contributed by atoms with Crippen LogP contribution in [0.2, 0.25) is 0 Å². The van der Waals surface area contributed by atoms with E-state index in [-0.39, 0.29) is 11.5 Å². The summed E-state index contributed by atoms with van der Waals surface area (Å²) in [5, 5.41) is 17.1. The molecule has 0 unspecified atom stereocenters. The Morgan fingerprint density at radius 2 is 1.86 bits per heavy atom. The van der Waals surface area contributed by atoms with Crippen molar-refractivity contribution in [3.05, 3.63) is 53.6 Å². The van der Waals surface area contributed by atoms with E-state index >= 15 is 0 Å². The first-order valence-electron chi connectivity index (χ1n) is 6.80. The number of aromatic hydroxyl groups is 1. The molecule has 108 valence electrons. The van der Waals surface area contributed by atoms with Crippen LogP contribution >= 0.6 is 0 Å². The predicted molar refractivity (Wildman–Crippen MR) is 81.1 cm³/mol. The van der Waals surface area contributed by atoms with Gasteiger partial charge in [0, 0.05) is 11.1 Å². The zero-order valence-electron chi connectivity index (χ0n) is 11.8. The number of nitrogens with zero attached hydrogens (tertiary/aromatic N) is 1. The number of benzene rings is 2. The van der Waals surface area contributed by atoms with Gasteiger partial charge >= 0.3 is 0 Å². The van der Waals surface area contributed by atoms with Gasteiger partial charge in [0.2, 0.25) is 5.78 Å². The lowest BCUT2D eigenvalue weighted by Crippen LogP contribution is -1.98. The summed E-state index contributed by atoms with van der Waals surface area (Å²) in [7, 11) is 1.60. The summed E-state index contributed by atoms with van der Waals surface area (Å²) in [6.45, 7) is 0. The average molecular weight is 292 g/mol. The van der Waals surface area contributed by atoms with Gasteiger partial charge in [0.15, 0.2) is 0 Å². The number of ketones is 1. The van der Waals surface area contributed by atoms with Crippen LogP contribution in [-0.2, 0) is 0 Å². The molecule has 0 saturated heterocycles. The van der Waals surface area contributed by atoms with E-state index in [0.29, 0.717) is 28.1 Å². The summed E-state index contributed by atoms with van der Waals surface area (Å²) in [5.74, 6) is 0.527. The maximum Gasteiger partial charge on any atom is 0.201 e. The fourth-order valence-electron chi connectivity index (χ4n) is 2.83. The van der Waals surface area contributed by atoms with E-state index in [1.54, 1.807) is 19.2 Å². The normalized spacial score (nSPS) is 12.1. The second-order valence-corrected chi connectivity index (χ2v) is 5.08. The number of H-pyrrole nitrogens is 1. The molecule has 1 aliphatic carbocycles. The van der Waals surface area contributed by atoms with Crippen LogP contribution in [0.4, 0.5) is 0 Å². The molecule has 3 aromatic rings. The predicted octanol–water partition coefficient (Wildman–Crippen LogP) is 3.00. The third-order valence-corrected chi connectivity index (χ3v) is 3.90. The lowest BCUT2D eigenvalue weighted by Gasteiger charge is -2.03. The molecule has 2 aromatic carbocycles. The van der Waals surface area contributed by atoms with Gasteiger partial charge in [0.1, 0.15) is 17.2 Å². The highest BCUT2D eigenvalue weighted by Gasteiger charge is 2.34. The molecule has 0 spiro atoms. The highest BCUT2D eigenvalue weighted by atomic mass is 16.5. The van der Waals surface area contributed by atoms with Crippen LogP contribution < -0.4 is 4.74 Å². The number of carbonyl (C=O) groups is 1. The Morgan fingerprint density at radius 1 is 1.09 bits per heavy atom. The van der Waals surface area contributed by atoms with Crippen molar-refractivity contribution in [1.82, 2.24) is 10.2 Å². The standard InChI is InChI=1S/C17H12N2O3/c1-22-10-7-5-9(6-8-10)15-14-16(19-18-15)11-3-2-4-12(20)13(11)17(14)21/h2-8,20H,1H3,(H,18,19). The smallest absolute Gasteiger partial charge is 0.201 e. The van der Waals surface area contributed by atoms with Crippen LogP contribution in [-0.4, -0.2) is 28.2 Å². The van der Waals surface area contributed by atoms with Gasteiger partial charge in [-0.1, -0.05) is 12.1 Å². The van der Waals surface area contributed by atoms with E-state index in [4.69, 9.17) is 4.74 Å². The number of hydrogen-bond acceptors (Lipinski definition) is 4. The van der Waals surface area contributed by atoms with Crippen LogP contribution in [0.3, 0.4) is 0 Å². The number of carbonyl (C=O) groups excluding carboxylic acids is 1. The van der Waals surface area contributed by atoms with Crippen molar-refractivity contribution in [2.75, 3.05) is 7.11 Å². The number of aromatic amines is 1. The van der Waals surface area contributed by atoms with E-state index < -0.39 is 0 Å². The van der Waals surface area contributed by atoms with Crippen molar-refractivity contribution in [3.8, 4) is 34.0 Å². The quantitative estimate of drug-likeness (QED) is 0.595. The highest BCUT2D eigenvalue weighted by molar-refractivity contribution is 6.25. The van der Waals surface area contributed by atoms with Gasteiger partial charge in [0.25, 0.3) is 0 Å². The average Bonchev–Trinajstić information content (AvgIpc) is 3.09. The van der Waals surface area contributed by atoms with Gasteiger partial charge in [-0.2, -0.15) is 5.10 Å². The molecular weight excluding hydrogens is 280 g/mol. The Bertz CT molecular complexity index is 895. The lowest BCUT2D eigenvalue weighted by atomic mass is 10.0. The summed E-state index contributed by atoms with van der Waals surface area (Å²) >= 11 is 0. The Hall–Kier alpha value is -3.08. The maximum atomic E-state index is 12.6. The number of rotatable bonds is 2. The first kappa shape index (κ1) is 12.6. The molecule has 0 radical (unpaired) electrons. The minimum absolute atomic E-state index is 0.00668. The van der Waals surface area contributed by atoms with Gasteiger partial charge in [-0.05, 0) is 30.3 Å². The fourth-order valence-corrected chi connectivity index (χ4v) is 2.83. The van der Waals surface area contributed by atoms with Gasteiger partial charge < -0.3 is 9.84 Å². The molecule has 1 aliphatic rings. The number of phenolic OH excluding ortho intramolecular Hbond substituents is 1. The minimum Gasteiger partial charge on any atom is -0.507 e. The van der Waals surface area contributed by atoms with Crippen molar-refractivity contribution < 1.29 is 14.6 Å². The molecule has 1 heterocycles. The van der Waals surface area contributed by atoms with Gasteiger partial charge in [-0.3, -0.25) is 9.89 Å². The number of phenols is 1. The molecule has 5 nitrogen and oxygen atoms in total. The Balaban J connectivity index is 1.89. The minimum atomic E-state index is -0.206. The molecule has 0 fully saturated rings. The largest absolute Gasteiger partial charge is 0.507 e. The zero-order valence-corrected chi connectivity index (χ0v) is 11.8. The molecule has 22 heavy (non-hydrogen) atoms. The molecule has 0 amide bonds. The van der Waals surface area contributed by atoms with Crippen LogP contribution in [0.15, 0.2) is 42.5 Å². The first-order chi connectivity index (χ1) is 10.7. The van der Waals surface area contributed by atoms with Crippen molar-refractivity contribution in [2.45, 2.75) is 0 Å². The first-order valence-corrected chi connectivity index (χ1v) is 6.80. The lowest BCUT2D eigenvalue weighted by molar-refractivity contribution is 0.104. The molecule has 0 bridgehead atoms. The molecule has 5 heteroatoms. The van der Waals surface area contributed by atoms with Gasteiger partial charge in [-0.25, -0.2) is 0 Å². The number of aromatic nitrogens is 2. The summed E-state index contributed by atoms with van der Waals surface area (Å²) < 4.78 is 5.14. The van der Waals surface area contributed by atoms with Crippen LogP contribution in [0.25, 0.3) is 22.5 Å². The molecule has 2 N–H and O–H groups in total. The molecule has 0 atom stereocenters. The van der Waals surface area contributed by atoms with E-state index in [0.717, 1.165) is 11.3 Å². The number of fused-ring (bicyclic) bond motifs is 3. The zero-order chi connectivity index (χ0) is 15.3. The van der Waals surface area contributed by atoms with Crippen molar-refractivity contribution >= 4 is 5.78 Å². The summed E-state index contributed by atoms with van der Waals surface area (Å²) in [4.78, 5) is 12.6.